The molecule has 4 aromatic rings. The second-order valence-corrected chi connectivity index (χ2v) is 11.2. The van der Waals surface area contributed by atoms with Gasteiger partial charge in [0, 0.05) is 34.4 Å². The average molecular weight is 622 g/mol. The molecule has 43 heavy (non-hydrogen) atoms. The smallest absolute Gasteiger partial charge is 0.338 e. The van der Waals surface area contributed by atoms with Crippen LogP contribution in [0.2, 0.25) is 5.02 Å². The largest absolute Gasteiger partial charge is 0.496 e. The van der Waals surface area contributed by atoms with Crippen molar-refractivity contribution in [2.45, 2.75) is 39.7 Å². The number of aryl methyl sites for hydroxylation is 1. The van der Waals surface area contributed by atoms with Crippen LogP contribution in [0.5, 0.6) is 5.75 Å². The van der Waals surface area contributed by atoms with Crippen molar-refractivity contribution in [3.63, 3.8) is 0 Å². The van der Waals surface area contributed by atoms with Gasteiger partial charge in [-0.15, -0.1) is 0 Å². The molecule has 1 aliphatic rings. The molecule has 2 aromatic carbocycles. The molecule has 2 aromatic heterocycles. The van der Waals surface area contributed by atoms with Gasteiger partial charge in [0.1, 0.15) is 23.3 Å². The van der Waals surface area contributed by atoms with Gasteiger partial charge in [-0.2, -0.15) is 0 Å². The zero-order chi connectivity index (χ0) is 30.8. The third kappa shape index (κ3) is 5.78. The van der Waals surface area contributed by atoms with Crippen molar-refractivity contribution in [3.05, 3.63) is 112 Å². The number of hydrogen-bond acceptors (Lipinski definition) is 9. The van der Waals surface area contributed by atoms with Crippen molar-refractivity contribution in [2.24, 2.45) is 4.99 Å². The van der Waals surface area contributed by atoms with Crippen molar-refractivity contribution >= 4 is 40.7 Å². The van der Waals surface area contributed by atoms with Gasteiger partial charge in [-0.1, -0.05) is 42.3 Å². The standard InChI is InChI=1S/C31H28ClN3O7S/c1-5-7-23-27(30(37)41-6-2)28(22-14-18(32)9-12-24(22)40-4)34-29(36)26(43-31(34)33-23)16-20-11-13-25(42-20)21-15-19(35(38)39)10-8-17(21)3/h8-16,28H,5-7H2,1-4H3/b26-16+/t28-/m1/s1. The van der Waals surface area contributed by atoms with Crippen LogP contribution in [-0.4, -0.2) is 29.2 Å². The maximum Gasteiger partial charge on any atom is 0.338 e. The van der Waals surface area contributed by atoms with Crippen LogP contribution < -0.4 is 19.6 Å². The second-order valence-electron chi connectivity index (χ2n) is 9.76. The number of esters is 1. The second kappa shape index (κ2) is 12.4. The van der Waals surface area contributed by atoms with E-state index in [1.165, 1.54) is 23.8 Å². The van der Waals surface area contributed by atoms with E-state index in [0.29, 0.717) is 61.3 Å². The number of rotatable bonds is 9. The van der Waals surface area contributed by atoms with Gasteiger partial charge in [0.2, 0.25) is 0 Å². The van der Waals surface area contributed by atoms with E-state index in [4.69, 9.17) is 30.5 Å². The highest BCUT2D eigenvalue weighted by molar-refractivity contribution is 7.07. The number of nitro benzene ring substituents is 1. The first-order valence-corrected chi connectivity index (χ1v) is 14.8. The molecule has 222 valence electrons. The fourth-order valence-electron chi connectivity index (χ4n) is 5.03. The minimum atomic E-state index is -0.896. The molecule has 0 fully saturated rings. The number of fused-ring (bicyclic) bond motifs is 1. The van der Waals surface area contributed by atoms with Crippen LogP contribution in [0.25, 0.3) is 17.4 Å². The number of non-ortho nitro benzene ring substituents is 1. The number of nitro groups is 1. The highest BCUT2D eigenvalue weighted by Crippen LogP contribution is 2.38. The number of thiazole rings is 1. The van der Waals surface area contributed by atoms with Gasteiger partial charge in [-0.3, -0.25) is 19.5 Å². The van der Waals surface area contributed by atoms with E-state index in [1.54, 1.807) is 49.4 Å². The van der Waals surface area contributed by atoms with E-state index >= 15 is 0 Å². The summed E-state index contributed by atoms with van der Waals surface area (Å²) in [5.41, 5.74) is 2.24. The molecule has 0 saturated carbocycles. The van der Waals surface area contributed by atoms with Crippen LogP contribution in [0.3, 0.4) is 0 Å². The Bertz CT molecular complexity index is 1950. The molecular weight excluding hydrogens is 594 g/mol. The summed E-state index contributed by atoms with van der Waals surface area (Å²) in [5, 5.41) is 11.7. The molecule has 10 nitrogen and oxygen atoms in total. The minimum absolute atomic E-state index is 0.0522. The minimum Gasteiger partial charge on any atom is -0.496 e. The van der Waals surface area contributed by atoms with Gasteiger partial charge in [0.25, 0.3) is 11.2 Å². The molecule has 0 N–H and O–H groups in total. The fourth-order valence-corrected chi connectivity index (χ4v) is 6.21. The van der Waals surface area contributed by atoms with Gasteiger partial charge in [0.05, 0.1) is 34.4 Å². The highest BCUT2D eigenvalue weighted by atomic mass is 35.5. The molecule has 5 rings (SSSR count). The lowest BCUT2D eigenvalue weighted by atomic mass is 9.93. The van der Waals surface area contributed by atoms with Crippen molar-refractivity contribution in [2.75, 3.05) is 13.7 Å². The van der Waals surface area contributed by atoms with Crippen LogP contribution in [0, 0.1) is 17.0 Å². The predicted molar refractivity (Wildman–Crippen MR) is 163 cm³/mol. The SMILES string of the molecule is CCCC1=C(C(=O)OCC)[C@@H](c2cc(Cl)ccc2OC)n2c(s/c(=C/c3ccc(-c4cc([N+](=O)[O-])ccc4C)o3)c2=O)=N1. The monoisotopic (exact) mass is 621 g/mol. The van der Waals surface area contributed by atoms with Gasteiger partial charge in [0.15, 0.2) is 4.80 Å². The van der Waals surface area contributed by atoms with Gasteiger partial charge in [-0.25, -0.2) is 9.79 Å². The first-order valence-electron chi connectivity index (χ1n) is 13.6. The summed E-state index contributed by atoms with van der Waals surface area (Å²) in [6, 6.07) is 12.1. The Hall–Kier alpha value is -4.48. The summed E-state index contributed by atoms with van der Waals surface area (Å²) in [6.07, 6.45) is 2.80. The number of benzene rings is 2. The van der Waals surface area contributed by atoms with Crippen molar-refractivity contribution in [1.29, 1.82) is 0 Å². The molecule has 1 atom stereocenters. The molecule has 0 unspecified atom stereocenters. The first kappa shape index (κ1) is 30.0. The lowest BCUT2D eigenvalue weighted by Gasteiger charge is -2.27. The third-order valence-corrected chi connectivity index (χ3v) is 8.19. The van der Waals surface area contributed by atoms with E-state index in [1.807, 2.05) is 13.8 Å². The summed E-state index contributed by atoms with van der Waals surface area (Å²) in [5.74, 6) is 0.684. The summed E-state index contributed by atoms with van der Waals surface area (Å²) in [4.78, 5) is 43.5. The third-order valence-electron chi connectivity index (χ3n) is 6.98. The number of carbonyl (C=O) groups excluding carboxylic acids is 1. The van der Waals surface area contributed by atoms with Crippen molar-refractivity contribution in [1.82, 2.24) is 4.57 Å². The van der Waals surface area contributed by atoms with Crippen LogP contribution in [0.4, 0.5) is 5.69 Å². The summed E-state index contributed by atoms with van der Waals surface area (Å²) < 4.78 is 18.9. The molecule has 0 amide bonds. The Morgan fingerprint density at radius 1 is 1.21 bits per heavy atom. The Labute approximate surface area is 255 Å². The molecule has 0 bridgehead atoms. The summed E-state index contributed by atoms with van der Waals surface area (Å²) >= 11 is 7.56. The fraction of sp³-hybridized carbons (Fsp3) is 0.258. The van der Waals surface area contributed by atoms with E-state index in [0.717, 1.165) is 16.9 Å². The lowest BCUT2D eigenvalue weighted by Crippen LogP contribution is -2.40. The van der Waals surface area contributed by atoms with Crippen LogP contribution in [-0.2, 0) is 9.53 Å². The highest BCUT2D eigenvalue weighted by Gasteiger charge is 2.36. The summed E-state index contributed by atoms with van der Waals surface area (Å²) in [7, 11) is 1.51. The zero-order valence-corrected chi connectivity index (χ0v) is 25.5. The Balaban J connectivity index is 1.70. The van der Waals surface area contributed by atoms with Gasteiger partial charge in [-0.05, 0) is 56.2 Å². The Morgan fingerprint density at radius 2 is 2.00 bits per heavy atom. The molecular formula is C31H28ClN3O7S. The average Bonchev–Trinajstić information content (AvgIpc) is 3.56. The van der Waals surface area contributed by atoms with E-state index in [9.17, 15) is 19.7 Å². The topological polar surface area (TPSA) is 126 Å². The number of aromatic nitrogens is 1. The first-order chi connectivity index (χ1) is 20.7. The normalized spacial score (nSPS) is 14.8. The van der Waals surface area contributed by atoms with E-state index in [-0.39, 0.29) is 17.9 Å². The lowest BCUT2D eigenvalue weighted by molar-refractivity contribution is -0.384. The molecule has 0 saturated heterocycles. The van der Waals surface area contributed by atoms with Gasteiger partial charge >= 0.3 is 5.97 Å². The molecule has 0 aliphatic carbocycles. The maximum atomic E-state index is 14.0. The van der Waals surface area contributed by atoms with Crippen LogP contribution in [0.1, 0.15) is 49.6 Å². The molecule has 12 heteroatoms. The van der Waals surface area contributed by atoms with Crippen molar-refractivity contribution in [3.8, 4) is 17.1 Å². The maximum absolute atomic E-state index is 14.0. The number of allylic oxidation sites excluding steroid dienone is 1. The number of nitrogens with zero attached hydrogens (tertiary/aromatic N) is 3. The van der Waals surface area contributed by atoms with Gasteiger partial charge < -0.3 is 13.9 Å². The molecule has 1 aliphatic heterocycles. The number of hydrogen-bond donors (Lipinski definition) is 0. The van der Waals surface area contributed by atoms with Crippen molar-refractivity contribution < 1.29 is 23.6 Å². The quantitative estimate of drug-likeness (QED) is 0.133. The number of halogens is 1. The number of carbonyl (C=O) groups is 1. The van der Waals surface area contributed by atoms with Crippen LogP contribution in [0.15, 0.2) is 74.0 Å². The van der Waals surface area contributed by atoms with E-state index < -0.39 is 22.5 Å². The molecule has 3 heterocycles. The number of furan rings is 1. The molecule has 0 spiro atoms. The van der Waals surface area contributed by atoms with Crippen LogP contribution >= 0.6 is 22.9 Å². The Kier molecular flexibility index (Phi) is 8.65. The Morgan fingerprint density at radius 3 is 2.70 bits per heavy atom. The summed E-state index contributed by atoms with van der Waals surface area (Å²) in [6.45, 7) is 5.68. The predicted octanol–water partition coefficient (Wildman–Crippen LogP) is 5.72. The number of ether oxygens (including phenoxy) is 2. The van der Waals surface area contributed by atoms with E-state index in [2.05, 4.69) is 0 Å². The number of methoxy groups -OCH3 is 1. The zero-order valence-electron chi connectivity index (χ0n) is 23.9. The molecule has 0 radical (unpaired) electrons.